The average Bonchev–Trinajstić information content (AvgIpc) is 2.35. The summed E-state index contributed by atoms with van der Waals surface area (Å²) in [7, 11) is 0. The summed E-state index contributed by atoms with van der Waals surface area (Å²) in [6, 6.07) is 0. The molecule has 2 unspecified atom stereocenters. The lowest BCUT2D eigenvalue weighted by molar-refractivity contribution is -0.0893. The minimum Gasteiger partial charge on any atom is -0.444 e. The largest absolute Gasteiger partial charge is 0.444 e. The SMILES string of the molecule is CCCC(C)COC1(C)CCCN(C(=O)OC(C)(C)C)C1. The number of carbonyl (C=O) groups is 1. The summed E-state index contributed by atoms with van der Waals surface area (Å²) in [6.07, 6.45) is 4.12. The van der Waals surface area contributed by atoms with Crippen molar-refractivity contribution in [2.75, 3.05) is 19.7 Å². The highest BCUT2D eigenvalue weighted by atomic mass is 16.6. The van der Waals surface area contributed by atoms with Crippen LogP contribution in [0, 0.1) is 5.92 Å². The molecule has 0 aromatic carbocycles. The number of likely N-dealkylation sites (tertiary alicyclic amines) is 1. The van der Waals surface area contributed by atoms with Crippen molar-refractivity contribution in [2.45, 2.75) is 78.4 Å². The maximum atomic E-state index is 12.2. The van der Waals surface area contributed by atoms with E-state index in [0.29, 0.717) is 12.5 Å². The standard InChI is InChI=1S/C17H33NO3/c1-7-9-14(2)12-20-17(6)10-8-11-18(13-17)15(19)21-16(3,4)5/h14H,7-13H2,1-6H3. The van der Waals surface area contributed by atoms with Crippen LogP contribution in [0.1, 0.15) is 67.2 Å². The maximum absolute atomic E-state index is 12.2. The fraction of sp³-hybridized carbons (Fsp3) is 0.941. The van der Waals surface area contributed by atoms with Gasteiger partial charge in [-0.3, -0.25) is 0 Å². The van der Waals surface area contributed by atoms with Gasteiger partial charge in [0, 0.05) is 13.2 Å². The number of piperidine rings is 1. The zero-order valence-corrected chi connectivity index (χ0v) is 14.7. The molecule has 1 rings (SSSR count). The first-order chi connectivity index (χ1) is 9.65. The van der Waals surface area contributed by atoms with Crippen molar-refractivity contribution in [2.24, 2.45) is 5.92 Å². The highest BCUT2D eigenvalue weighted by Gasteiger charge is 2.35. The third-order valence-corrected chi connectivity index (χ3v) is 3.81. The maximum Gasteiger partial charge on any atom is 0.410 e. The van der Waals surface area contributed by atoms with Crippen LogP contribution in [0.3, 0.4) is 0 Å². The second-order valence-corrected chi connectivity index (χ2v) is 7.66. The van der Waals surface area contributed by atoms with Gasteiger partial charge in [0.1, 0.15) is 5.60 Å². The number of rotatable bonds is 5. The van der Waals surface area contributed by atoms with Crippen LogP contribution >= 0.6 is 0 Å². The molecule has 124 valence electrons. The summed E-state index contributed by atoms with van der Waals surface area (Å²) in [6.45, 7) is 14.4. The van der Waals surface area contributed by atoms with Gasteiger partial charge in [-0.05, 0) is 52.9 Å². The Bertz CT molecular complexity index is 337. The molecular formula is C17H33NO3. The van der Waals surface area contributed by atoms with Crippen molar-refractivity contribution < 1.29 is 14.3 Å². The lowest BCUT2D eigenvalue weighted by Crippen LogP contribution is -2.51. The van der Waals surface area contributed by atoms with E-state index in [9.17, 15) is 4.79 Å². The molecule has 1 fully saturated rings. The summed E-state index contributed by atoms with van der Waals surface area (Å²) < 4.78 is 11.6. The predicted octanol–water partition coefficient (Wildman–Crippen LogP) is 4.23. The van der Waals surface area contributed by atoms with Gasteiger partial charge in [0.2, 0.25) is 0 Å². The van der Waals surface area contributed by atoms with Gasteiger partial charge >= 0.3 is 6.09 Å². The normalized spacial score (nSPS) is 24.8. The summed E-state index contributed by atoms with van der Waals surface area (Å²) >= 11 is 0. The molecule has 0 aliphatic carbocycles. The number of carbonyl (C=O) groups excluding carboxylic acids is 1. The number of ether oxygens (including phenoxy) is 2. The van der Waals surface area contributed by atoms with Crippen molar-refractivity contribution >= 4 is 6.09 Å². The van der Waals surface area contributed by atoms with E-state index in [1.807, 2.05) is 20.8 Å². The lowest BCUT2D eigenvalue weighted by atomic mass is 9.94. The van der Waals surface area contributed by atoms with Crippen LogP contribution in [0.4, 0.5) is 4.79 Å². The second kappa shape index (κ2) is 7.48. The van der Waals surface area contributed by atoms with E-state index >= 15 is 0 Å². The molecule has 1 amide bonds. The van der Waals surface area contributed by atoms with Gasteiger partial charge in [0.25, 0.3) is 0 Å². The van der Waals surface area contributed by atoms with Crippen molar-refractivity contribution in [1.29, 1.82) is 0 Å². The minimum atomic E-state index is -0.443. The first-order valence-electron chi connectivity index (χ1n) is 8.27. The topological polar surface area (TPSA) is 38.8 Å². The molecule has 1 aliphatic heterocycles. The van der Waals surface area contributed by atoms with Gasteiger partial charge in [-0.2, -0.15) is 0 Å². The Kier molecular flexibility index (Phi) is 6.51. The molecule has 0 saturated carbocycles. The quantitative estimate of drug-likeness (QED) is 0.762. The molecule has 1 heterocycles. The zero-order chi connectivity index (χ0) is 16.1. The molecule has 4 nitrogen and oxygen atoms in total. The van der Waals surface area contributed by atoms with Gasteiger partial charge in [-0.1, -0.05) is 20.3 Å². The second-order valence-electron chi connectivity index (χ2n) is 7.66. The molecule has 2 atom stereocenters. The van der Waals surface area contributed by atoms with Crippen LogP contribution in [-0.4, -0.2) is 41.9 Å². The molecule has 0 bridgehead atoms. The molecular weight excluding hydrogens is 266 g/mol. The third kappa shape index (κ3) is 6.68. The van der Waals surface area contributed by atoms with Gasteiger partial charge in [0.05, 0.1) is 12.1 Å². The van der Waals surface area contributed by atoms with Crippen molar-refractivity contribution in [3.8, 4) is 0 Å². The molecule has 0 radical (unpaired) electrons. The summed E-state index contributed by atoms with van der Waals surface area (Å²) in [5.41, 5.74) is -0.682. The van der Waals surface area contributed by atoms with Gasteiger partial charge < -0.3 is 14.4 Å². The Hall–Kier alpha value is -0.770. The fourth-order valence-electron chi connectivity index (χ4n) is 2.73. The highest BCUT2D eigenvalue weighted by molar-refractivity contribution is 5.68. The van der Waals surface area contributed by atoms with E-state index in [1.54, 1.807) is 4.90 Å². The van der Waals surface area contributed by atoms with E-state index in [-0.39, 0.29) is 11.7 Å². The summed E-state index contributed by atoms with van der Waals surface area (Å²) in [5, 5.41) is 0. The van der Waals surface area contributed by atoms with Crippen LogP contribution in [0.15, 0.2) is 0 Å². The van der Waals surface area contributed by atoms with E-state index in [0.717, 1.165) is 26.0 Å². The number of hydrogen-bond acceptors (Lipinski definition) is 3. The number of nitrogens with zero attached hydrogens (tertiary/aromatic N) is 1. The molecule has 0 aromatic rings. The molecule has 1 saturated heterocycles. The molecule has 0 N–H and O–H groups in total. The van der Waals surface area contributed by atoms with Gasteiger partial charge in [-0.15, -0.1) is 0 Å². The Morgan fingerprint density at radius 3 is 2.62 bits per heavy atom. The van der Waals surface area contributed by atoms with E-state index in [2.05, 4.69) is 20.8 Å². The highest BCUT2D eigenvalue weighted by Crippen LogP contribution is 2.27. The van der Waals surface area contributed by atoms with Crippen LogP contribution in [0.2, 0.25) is 0 Å². The monoisotopic (exact) mass is 299 g/mol. The number of hydrogen-bond donors (Lipinski definition) is 0. The van der Waals surface area contributed by atoms with Crippen molar-refractivity contribution in [1.82, 2.24) is 4.90 Å². The smallest absolute Gasteiger partial charge is 0.410 e. The van der Waals surface area contributed by atoms with E-state index in [4.69, 9.17) is 9.47 Å². The molecule has 1 aliphatic rings. The Labute approximate surface area is 130 Å². The van der Waals surface area contributed by atoms with Crippen molar-refractivity contribution in [3.63, 3.8) is 0 Å². The van der Waals surface area contributed by atoms with Gasteiger partial charge in [-0.25, -0.2) is 4.79 Å². The van der Waals surface area contributed by atoms with E-state index < -0.39 is 5.60 Å². The summed E-state index contributed by atoms with van der Waals surface area (Å²) in [4.78, 5) is 14.0. The first kappa shape index (κ1) is 18.3. The third-order valence-electron chi connectivity index (χ3n) is 3.81. The molecule has 21 heavy (non-hydrogen) atoms. The summed E-state index contributed by atoms with van der Waals surface area (Å²) in [5.74, 6) is 0.573. The molecule has 4 heteroatoms. The minimum absolute atomic E-state index is 0.223. The average molecular weight is 299 g/mol. The zero-order valence-electron chi connectivity index (χ0n) is 14.7. The number of amides is 1. The molecule has 0 spiro atoms. The lowest BCUT2D eigenvalue weighted by Gasteiger charge is -2.41. The van der Waals surface area contributed by atoms with Gasteiger partial charge in [0.15, 0.2) is 0 Å². The van der Waals surface area contributed by atoms with E-state index in [1.165, 1.54) is 12.8 Å². The predicted molar refractivity (Wildman–Crippen MR) is 85.5 cm³/mol. The van der Waals surface area contributed by atoms with Crippen LogP contribution in [0.5, 0.6) is 0 Å². The van der Waals surface area contributed by atoms with Crippen LogP contribution in [0.25, 0.3) is 0 Å². The first-order valence-corrected chi connectivity index (χ1v) is 8.27. The van der Waals surface area contributed by atoms with Crippen molar-refractivity contribution in [3.05, 3.63) is 0 Å². The Morgan fingerprint density at radius 2 is 2.05 bits per heavy atom. The Morgan fingerprint density at radius 1 is 1.38 bits per heavy atom. The Balaban J connectivity index is 2.52. The molecule has 0 aromatic heterocycles. The van der Waals surface area contributed by atoms with Crippen LogP contribution < -0.4 is 0 Å². The fourth-order valence-corrected chi connectivity index (χ4v) is 2.73. The van der Waals surface area contributed by atoms with Crippen LogP contribution in [-0.2, 0) is 9.47 Å².